The molecule has 0 N–H and O–H groups in total. The Bertz CT molecular complexity index is 417. The van der Waals surface area contributed by atoms with E-state index in [9.17, 15) is 4.39 Å². The van der Waals surface area contributed by atoms with Crippen LogP contribution in [0.2, 0.25) is 0 Å². The largest absolute Gasteiger partial charge is 0.379 e. The molecule has 2 aliphatic heterocycles. The van der Waals surface area contributed by atoms with E-state index < -0.39 is 0 Å². The highest BCUT2D eigenvalue weighted by molar-refractivity contribution is 5.16. The highest BCUT2D eigenvalue weighted by Gasteiger charge is 2.26. The van der Waals surface area contributed by atoms with Crippen LogP contribution in [0.5, 0.6) is 0 Å². The topological polar surface area (TPSA) is 15.7 Å². The van der Waals surface area contributed by atoms with Gasteiger partial charge in [-0.05, 0) is 37.1 Å². The molecule has 2 saturated heterocycles. The molecule has 0 bridgehead atoms. The summed E-state index contributed by atoms with van der Waals surface area (Å²) < 4.78 is 18.4. The van der Waals surface area contributed by atoms with Gasteiger partial charge in [0, 0.05) is 32.2 Å². The van der Waals surface area contributed by atoms with Crippen molar-refractivity contribution in [3.8, 4) is 0 Å². The Morgan fingerprint density at radius 3 is 2.60 bits per heavy atom. The Hall–Kier alpha value is -0.970. The van der Waals surface area contributed by atoms with Gasteiger partial charge in [0.15, 0.2) is 0 Å². The number of likely N-dealkylation sites (tertiary alicyclic amines) is 1. The van der Waals surface area contributed by atoms with Crippen LogP contribution in [-0.4, -0.2) is 55.2 Å². The molecule has 2 aliphatic rings. The Labute approximate surface area is 120 Å². The lowest BCUT2D eigenvalue weighted by Gasteiger charge is -2.40. The van der Waals surface area contributed by atoms with Crippen molar-refractivity contribution >= 4 is 0 Å². The zero-order valence-electron chi connectivity index (χ0n) is 11.9. The molecule has 3 rings (SSSR count). The first-order valence-electron chi connectivity index (χ1n) is 7.60. The van der Waals surface area contributed by atoms with E-state index in [0.29, 0.717) is 6.04 Å². The van der Waals surface area contributed by atoms with E-state index in [-0.39, 0.29) is 5.82 Å². The first-order valence-corrected chi connectivity index (χ1v) is 7.60. The third-order valence-electron chi connectivity index (χ3n) is 4.36. The minimum Gasteiger partial charge on any atom is -0.379 e. The van der Waals surface area contributed by atoms with Crippen LogP contribution < -0.4 is 0 Å². The summed E-state index contributed by atoms with van der Waals surface area (Å²) in [5, 5.41) is 0. The molecule has 1 unspecified atom stereocenters. The number of rotatable bonds is 3. The van der Waals surface area contributed by atoms with Crippen molar-refractivity contribution < 1.29 is 9.13 Å². The van der Waals surface area contributed by atoms with E-state index in [1.54, 1.807) is 12.1 Å². The number of hydrogen-bond acceptors (Lipinski definition) is 3. The molecule has 2 heterocycles. The zero-order valence-corrected chi connectivity index (χ0v) is 11.9. The highest BCUT2D eigenvalue weighted by atomic mass is 19.1. The molecule has 2 fully saturated rings. The van der Waals surface area contributed by atoms with Gasteiger partial charge in [0.2, 0.25) is 0 Å². The maximum absolute atomic E-state index is 12.9. The van der Waals surface area contributed by atoms with E-state index in [1.807, 2.05) is 12.1 Å². The average Bonchev–Trinajstić information content (AvgIpc) is 2.51. The van der Waals surface area contributed by atoms with E-state index >= 15 is 0 Å². The normalized spacial score (nSPS) is 25.8. The number of halogens is 1. The Morgan fingerprint density at radius 2 is 1.85 bits per heavy atom. The van der Waals surface area contributed by atoms with Crippen molar-refractivity contribution in [2.45, 2.75) is 25.4 Å². The van der Waals surface area contributed by atoms with E-state index in [1.165, 1.54) is 18.4 Å². The van der Waals surface area contributed by atoms with Crippen LogP contribution in [0.15, 0.2) is 24.3 Å². The van der Waals surface area contributed by atoms with Crippen molar-refractivity contribution in [1.82, 2.24) is 9.80 Å². The summed E-state index contributed by atoms with van der Waals surface area (Å²) in [5.41, 5.74) is 1.20. The van der Waals surface area contributed by atoms with Crippen LogP contribution in [0.25, 0.3) is 0 Å². The Kier molecular flexibility index (Phi) is 4.65. The van der Waals surface area contributed by atoms with Gasteiger partial charge in [0.25, 0.3) is 0 Å². The monoisotopic (exact) mass is 278 g/mol. The molecule has 1 aromatic carbocycles. The van der Waals surface area contributed by atoms with Crippen molar-refractivity contribution in [2.75, 3.05) is 39.4 Å². The maximum atomic E-state index is 12.9. The summed E-state index contributed by atoms with van der Waals surface area (Å²) in [7, 11) is 0. The Morgan fingerprint density at radius 1 is 1.10 bits per heavy atom. The predicted molar refractivity (Wildman–Crippen MR) is 77.1 cm³/mol. The fourth-order valence-corrected chi connectivity index (χ4v) is 3.26. The van der Waals surface area contributed by atoms with Crippen LogP contribution in [0.1, 0.15) is 18.4 Å². The molecule has 1 aromatic rings. The Balaban J connectivity index is 1.56. The molecule has 4 heteroatoms. The number of ether oxygens (including phenoxy) is 1. The van der Waals surface area contributed by atoms with Crippen molar-refractivity contribution in [2.24, 2.45) is 0 Å². The van der Waals surface area contributed by atoms with E-state index in [0.717, 1.165) is 45.9 Å². The SMILES string of the molecule is Fc1ccc(CN2CCCC(N3CCOCC3)C2)cc1. The number of benzene rings is 1. The van der Waals surface area contributed by atoms with Gasteiger partial charge >= 0.3 is 0 Å². The van der Waals surface area contributed by atoms with Crippen LogP contribution in [0, 0.1) is 5.82 Å². The molecular weight excluding hydrogens is 255 g/mol. The first-order chi connectivity index (χ1) is 9.81. The minimum atomic E-state index is -0.154. The molecular formula is C16H23FN2O. The zero-order chi connectivity index (χ0) is 13.8. The number of piperidine rings is 1. The van der Waals surface area contributed by atoms with Crippen LogP contribution >= 0.6 is 0 Å². The fraction of sp³-hybridized carbons (Fsp3) is 0.625. The van der Waals surface area contributed by atoms with E-state index in [4.69, 9.17) is 4.74 Å². The van der Waals surface area contributed by atoms with Gasteiger partial charge in [-0.25, -0.2) is 4.39 Å². The fourth-order valence-electron chi connectivity index (χ4n) is 3.26. The van der Waals surface area contributed by atoms with Gasteiger partial charge in [-0.1, -0.05) is 12.1 Å². The molecule has 1 atom stereocenters. The molecule has 110 valence electrons. The molecule has 20 heavy (non-hydrogen) atoms. The van der Waals surface area contributed by atoms with Gasteiger partial charge in [-0.3, -0.25) is 9.80 Å². The third-order valence-corrected chi connectivity index (χ3v) is 4.36. The summed E-state index contributed by atoms with van der Waals surface area (Å²) in [4.78, 5) is 5.07. The van der Waals surface area contributed by atoms with Crippen molar-refractivity contribution in [1.29, 1.82) is 0 Å². The van der Waals surface area contributed by atoms with Gasteiger partial charge in [-0.15, -0.1) is 0 Å². The van der Waals surface area contributed by atoms with Crippen molar-refractivity contribution in [3.63, 3.8) is 0 Å². The van der Waals surface area contributed by atoms with Crippen molar-refractivity contribution in [3.05, 3.63) is 35.6 Å². The predicted octanol–water partition coefficient (Wildman–Crippen LogP) is 2.12. The number of hydrogen-bond donors (Lipinski definition) is 0. The molecule has 0 aliphatic carbocycles. The summed E-state index contributed by atoms with van der Waals surface area (Å²) in [6.45, 7) is 7.07. The maximum Gasteiger partial charge on any atom is 0.123 e. The lowest BCUT2D eigenvalue weighted by atomic mass is 10.0. The summed E-state index contributed by atoms with van der Waals surface area (Å²) >= 11 is 0. The van der Waals surface area contributed by atoms with Gasteiger partial charge in [0.1, 0.15) is 5.82 Å². The quantitative estimate of drug-likeness (QED) is 0.842. The standard InChI is InChI=1S/C16H23FN2O/c17-15-5-3-14(4-6-15)12-18-7-1-2-16(13-18)19-8-10-20-11-9-19/h3-6,16H,1-2,7-13H2. The van der Waals surface area contributed by atoms with Crippen LogP contribution in [0.3, 0.4) is 0 Å². The highest BCUT2D eigenvalue weighted by Crippen LogP contribution is 2.19. The van der Waals surface area contributed by atoms with Gasteiger partial charge in [-0.2, -0.15) is 0 Å². The molecule has 0 aromatic heterocycles. The minimum absolute atomic E-state index is 0.154. The smallest absolute Gasteiger partial charge is 0.123 e. The molecule has 0 saturated carbocycles. The second-order valence-corrected chi connectivity index (χ2v) is 5.81. The lowest BCUT2D eigenvalue weighted by molar-refractivity contribution is -0.00358. The summed E-state index contributed by atoms with van der Waals surface area (Å²) in [6.07, 6.45) is 2.54. The first kappa shape index (κ1) is 14.0. The van der Waals surface area contributed by atoms with Crippen LogP contribution in [0.4, 0.5) is 4.39 Å². The summed E-state index contributed by atoms with van der Waals surface area (Å²) in [6, 6.07) is 7.56. The average molecular weight is 278 g/mol. The number of morpholine rings is 1. The summed E-state index contributed by atoms with van der Waals surface area (Å²) in [5.74, 6) is -0.154. The molecule has 0 amide bonds. The second kappa shape index (κ2) is 6.66. The van der Waals surface area contributed by atoms with E-state index in [2.05, 4.69) is 9.80 Å². The van der Waals surface area contributed by atoms with Crippen LogP contribution in [-0.2, 0) is 11.3 Å². The third kappa shape index (κ3) is 3.57. The number of nitrogens with zero attached hydrogens (tertiary/aromatic N) is 2. The van der Waals surface area contributed by atoms with Gasteiger partial charge < -0.3 is 4.74 Å². The molecule has 3 nitrogen and oxygen atoms in total. The lowest BCUT2D eigenvalue weighted by Crippen LogP contribution is -2.51. The second-order valence-electron chi connectivity index (χ2n) is 5.81. The molecule has 0 radical (unpaired) electrons. The van der Waals surface area contributed by atoms with Gasteiger partial charge in [0.05, 0.1) is 13.2 Å². The molecule has 0 spiro atoms.